The van der Waals surface area contributed by atoms with Crippen molar-refractivity contribution in [1.82, 2.24) is 4.31 Å². The largest absolute Gasteiger partial charge is 0.444 e. The minimum absolute atomic E-state index is 0.112. The molecule has 0 bridgehead atoms. The van der Waals surface area contributed by atoms with Gasteiger partial charge >= 0.3 is 12.2 Å². The number of hydrogen-bond acceptors (Lipinski definition) is 6. The van der Waals surface area contributed by atoms with Crippen molar-refractivity contribution in [3.8, 4) is 0 Å². The Hall–Kier alpha value is -4.12. The summed E-state index contributed by atoms with van der Waals surface area (Å²) >= 11 is 6.35. The number of cyclic esters (lactones) is 2. The van der Waals surface area contributed by atoms with Gasteiger partial charge in [0.2, 0.25) is 10.0 Å². The zero-order valence-corrected chi connectivity index (χ0v) is 24.0. The highest BCUT2D eigenvalue weighted by atomic mass is 35.5. The molecule has 0 spiro atoms. The van der Waals surface area contributed by atoms with Crippen molar-refractivity contribution in [1.29, 1.82) is 0 Å². The summed E-state index contributed by atoms with van der Waals surface area (Å²) < 4.78 is 40.4. The lowest BCUT2D eigenvalue weighted by Crippen LogP contribution is -2.50. The molecule has 4 aromatic rings. The number of carbonyl (C=O) groups is 2. The first-order chi connectivity index (χ1) is 20.3. The van der Waals surface area contributed by atoms with Gasteiger partial charge in [-0.25, -0.2) is 22.9 Å². The van der Waals surface area contributed by atoms with E-state index in [1.54, 1.807) is 47.4 Å². The summed E-state index contributed by atoms with van der Waals surface area (Å²) in [5, 5.41) is 1.66. The monoisotopic (exact) mass is 603 g/mol. The molecule has 2 amide bonds. The lowest BCUT2D eigenvalue weighted by atomic mass is 10.0. The summed E-state index contributed by atoms with van der Waals surface area (Å²) in [6.45, 7) is 0.754. The quantitative estimate of drug-likeness (QED) is 0.261. The van der Waals surface area contributed by atoms with Crippen LogP contribution in [0.5, 0.6) is 0 Å². The summed E-state index contributed by atoms with van der Waals surface area (Å²) in [6, 6.07) is 23.0. The fraction of sp³-hybridized carbons (Fsp3) is 0.226. The Morgan fingerprint density at radius 2 is 1.38 bits per heavy atom. The van der Waals surface area contributed by atoms with Gasteiger partial charge in [-0.1, -0.05) is 60.1 Å². The predicted molar refractivity (Wildman–Crippen MR) is 159 cm³/mol. The van der Waals surface area contributed by atoms with E-state index in [0.717, 1.165) is 11.1 Å². The number of hydrogen-bond donors (Lipinski definition) is 0. The van der Waals surface area contributed by atoms with Crippen LogP contribution in [0.1, 0.15) is 24.0 Å². The Labute approximate surface area is 247 Å². The molecule has 0 aromatic heterocycles. The van der Waals surface area contributed by atoms with E-state index in [0.29, 0.717) is 45.7 Å². The van der Waals surface area contributed by atoms with Crippen LogP contribution in [-0.2, 0) is 32.7 Å². The number of amides is 2. The van der Waals surface area contributed by atoms with Crippen molar-refractivity contribution >= 4 is 61.6 Å². The first-order valence-corrected chi connectivity index (χ1v) is 15.5. The van der Waals surface area contributed by atoms with Gasteiger partial charge in [-0.2, -0.15) is 4.31 Å². The Morgan fingerprint density at radius 1 is 0.714 bits per heavy atom. The number of rotatable bonds is 4. The summed E-state index contributed by atoms with van der Waals surface area (Å²) in [5.74, 6) is 0. The number of para-hydroxylation sites is 1. The number of ether oxygens (including phenoxy) is 2. The maximum Gasteiger partial charge on any atom is 0.419 e. The molecule has 11 heteroatoms. The molecule has 9 nitrogen and oxygen atoms in total. The summed E-state index contributed by atoms with van der Waals surface area (Å²) in [6.07, 6.45) is -0.0968. The van der Waals surface area contributed by atoms with Crippen LogP contribution < -0.4 is 9.80 Å². The molecular weight excluding hydrogens is 578 g/mol. The molecule has 1 saturated heterocycles. The third-order valence-electron chi connectivity index (χ3n) is 8.16. The van der Waals surface area contributed by atoms with Gasteiger partial charge in [0.05, 0.1) is 22.0 Å². The number of carbonyl (C=O) groups excluding carboxylic acids is 2. The van der Waals surface area contributed by atoms with E-state index >= 15 is 0 Å². The Balaban J connectivity index is 1.19. The van der Waals surface area contributed by atoms with E-state index in [1.807, 2.05) is 36.4 Å². The minimum atomic E-state index is -3.90. The average Bonchev–Trinajstić information content (AvgIpc) is 3.01. The van der Waals surface area contributed by atoms with E-state index in [-0.39, 0.29) is 37.2 Å². The van der Waals surface area contributed by atoms with Crippen LogP contribution in [0.15, 0.2) is 83.8 Å². The second kappa shape index (κ2) is 10.3. The van der Waals surface area contributed by atoms with E-state index in [2.05, 4.69) is 0 Å². The van der Waals surface area contributed by atoms with E-state index in [4.69, 9.17) is 21.1 Å². The highest BCUT2D eigenvalue weighted by molar-refractivity contribution is 7.89. The lowest BCUT2D eigenvalue weighted by Gasteiger charge is -2.40. The maximum atomic E-state index is 14.0. The van der Waals surface area contributed by atoms with Crippen LogP contribution in [-0.4, -0.2) is 44.0 Å². The van der Waals surface area contributed by atoms with E-state index in [9.17, 15) is 18.0 Å². The normalized spacial score (nSPS) is 17.9. The van der Waals surface area contributed by atoms with Crippen LogP contribution in [0.4, 0.5) is 26.7 Å². The number of sulfonamides is 1. The van der Waals surface area contributed by atoms with E-state index in [1.165, 1.54) is 9.21 Å². The van der Waals surface area contributed by atoms with Gasteiger partial charge in [0.15, 0.2) is 0 Å². The van der Waals surface area contributed by atoms with Crippen molar-refractivity contribution in [2.24, 2.45) is 0 Å². The maximum absolute atomic E-state index is 14.0. The van der Waals surface area contributed by atoms with E-state index < -0.39 is 22.2 Å². The van der Waals surface area contributed by atoms with Crippen LogP contribution in [0, 0.1) is 0 Å². The van der Waals surface area contributed by atoms with Gasteiger partial charge in [-0.15, -0.1) is 0 Å². The number of halogens is 1. The molecule has 3 aliphatic heterocycles. The Kier molecular flexibility index (Phi) is 6.56. The van der Waals surface area contributed by atoms with Crippen LogP contribution in [0.25, 0.3) is 10.8 Å². The van der Waals surface area contributed by atoms with Gasteiger partial charge in [-0.3, -0.25) is 4.90 Å². The van der Waals surface area contributed by atoms with Gasteiger partial charge in [0.1, 0.15) is 13.2 Å². The predicted octanol–water partition coefficient (Wildman–Crippen LogP) is 6.59. The molecule has 4 aromatic carbocycles. The average molecular weight is 604 g/mol. The van der Waals surface area contributed by atoms with Crippen molar-refractivity contribution in [3.63, 3.8) is 0 Å². The molecule has 7 rings (SSSR count). The smallest absolute Gasteiger partial charge is 0.419 e. The van der Waals surface area contributed by atoms with Crippen molar-refractivity contribution in [2.75, 3.05) is 22.9 Å². The summed E-state index contributed by atoms with van der Waals surface area (Å²) in [7, 11) is -3.90. The Bertz CT molecular complexity index is 1850. The molecule has 0 saturated carbocycles. The lowest BCUT2D eigenvalue weighted by molar-refractivity contribution is 0.135. The summed E-state index contributed by atoms with van der Waals surface area (Å²) in [5.41, 5.74) is 3.57. The van der Waals surface area contributed by atoms with Crippen molar-refractivity contribution in [2.45, 2.75) is 37.0 Å². The number of piperidine rings is 1. The molecular formula is C31H26ClN3O6S. The number of nitrogens with zero attached hydrogens (tertiary/aromatic N) is 3. The fourth-order valence-electron chi connectivity index (χ4n) is 6.11. The molecule has 0 atom stereocenters. The molecule has 3 heterocycles. The highest BCUT2D eigenvalue weighted by Crippen LogP contribution is 2.40. The first-order valence-electron chi connectivity index (χ1n) is 13.6. The van der Waals surface area contributed by atoms with Gasteiger partial charge in [0.25, 0.3) is 0 Å². The molecule has 0 radical (unpaired) electrons. The highest BCUT2D eigenvalue weighted by Gasteiger charge is 2.38. The van der Waals surface area contributed by atoms with Gasteiger partial charge in [-0.05, 0) is 43.2 Å². The SMILES string of the molecule is O=C1OCc2ccccc2N1c1cccc2c(S(=O)(=O)N3CCC(N4C(=O)OCc5c(Cl)cccc54)CC3)cccc12. The third-order valence-corrected chi connectivity index (χ3v) is 10.5. The van der Waals surface area contributed by atoms with Gasteiger partial charge < -0.3 is 9.47 Å². The number of anilines is 3. The number of benzene rings is 4. The molecule has 3 aliphatic rings. The van der Waals surface area contributed by atoms with Gasteiger partial charge in [0, 0.05) is 46.1 Å². The summed E-state index contributed by atoms with van der Waals surface area (Å²) in [4.78, 5) is 29.0. The van der Waals surface area contributed by atoms with Crippen LogP contribution >= 0.6 is 11.6 Å². The first kappa shape index (κ1) is 26.8. The number of fused-ring (bicyclic) bond motifs is 3. The molecule has 42 heavy (non-hydrogen) atoms. The minimum Gasteiger partial charge on any atom is -0.444 e. The molecule has 0 N–H and O–H groups in total. The zero-order chi connectivity index (χ0) is 29.0. The fourth-order valence-corrected chi connectivity index (χ4v) is 8.01. The van der Waals surface area contributed by atoms with Crippen molar-refractivity contribution < 1.29 is 27.5 Å². The Morgan fingerprint density at radius 3 is 2.21 bits per heavy atom. The van der Waals surface area contributed by atoms with Crippen LogP contribution in [0.2, 0.25) is 5.02 Å². The topological polar surface area (TPSA) is 96.5 Å². The second-order valence-electron chi connectivity index (χ2n) is 10.4. The third kappa shape index (κ3) is 4.29. The molecule has 0 unspecified atom stereocenters. The molecule has 214 valence electrons. The molecule has 1 fully saturated rings. The standard InChI is InChI=1S/C31H26ClN3O6S/c32-25-9-5-12-28-24(25)19-41-30(36)34(28)21-14-16-33(17-15-21)42(38,39)29-13-4-7-22-23(29)8-3-11-27(22)35-26-10-2-1-6-20(26)18-40-31(35)37/h1-13,21H,14-19H2. The molecule has 0 aliphatic carbocycles. The second-order valence-corrected chi connectivity index (χ2v) is 12.8. The van der Waals surface area contributed by atoms with Crippen molar-refractivity contribution in [3.05, 3.63) is 95.0 Å². The zero-order valence-electron chi connectivity index (χ0n) is 22.4. The van der Waals surface area contributed by atoms with Crippen LogP contribution in [0.3, 0.4) is 0 Å².